The molecule has 0 aromatic rings. The Morgan fingerprint density at radius 2 is 2.21 bits per heavy atom. The third kappa shape index (κ3) is 2.91. The molecular formula is C8H19N3O2S. The predicted octanol–water partition coefficient (Wildman–Crippen LogP) is -1.09. The molecule has 1 fully saturated rings. The van der Waals surface area contributed by atoms with E-state index in [-0.39, 0.29) is 0 Å². The lowest BCUT2D eigenvalue weighted by molar-refractivity contribution is 0.0930. The summed E-state index contributed by atoms with van der Waals surface area (Å²) in [5.41, 5.74) is 5.54. The van der Waals surface area contributed by atoms with Crippen molar-refractivity contribution in [2.75, 3.05) is 39.5 Å². The van der Waals surface area contributed by atoms with Crippen LogP contribution in [-0.4, -0.2) is 63.1 Å². The summed E-state index contributed by atoms with van der Waals surface area (Å²) in [5.74, 6) is 0. The largest absolute Gasteiger partial charge is 0.329 e. The van der Waals surface area contributed by atoms with E-state index in [1.54, 1.807) is 7.05 Å². The highest BCUT2D eigenvalue weighted by Gasteiger charge is 2.26. The molecule has 84 valence electrons. The maximum absolute atomic E-state index is 11.1. The number of hydrogen-bond acceptors (Lipinski definition) is 4. The summed E-state index contributed by atoms with van der Waals surface area (Å²) in [7, 11) is -1.43. The van der Waals surface area contributed by atoms with Gasteiger partial charge in [-0.2, -0.15) is 0 Å². The van der Waals surface area contributed by atoms with E-state index in [9.17, 15) is 8.42 Å². The van der Waals surface area contributed by atoms with E-state index in [0.29, 0.717) is 19.1 Å². The number of likely N-dealkylation sites (N-methyl/N-ethyl adjacent to an activating group) is 1. The molecule has 1 heterocycles. The Labute approximate surface area is 85.9 Å². The van der Waals surface area contributed by atoms with Crippen molar-refractivity contribution < 1.29 is 8.42 Å². The van der Waals surface area contributed by atoms with Gasteiger partial charge in [0, 0.05) is 39.3 Å². The van der Waals surface area contributed by atoms with E-state index in [2.05, 4.69) is 4.90 Å². The van der Waals surface area contributed by atoms with Crippen LogP contribution in [0.3, 0.4) is 0 Å². The molecule has 1 saturated heterocycles. The van der Waals surface area contributed by atoms with Crippen LogP contribution in [0.25, 0.3) is 0 Å². The summed E-state index contributed by atoms with van der Waals surface area (Å²) in [6.07, 6.45) is 2.36. The lowest BCUT2D eigenvalue weighted by atomic mass is 10.0. The van der Waals surface area contributed by atoms with Crippen molar-refractivity contribution in [3.8, 4) is 0 Å². The molecule has 0 spiro atoms. The molecule has 1 unspecified atom stereocenters. The fourth-order valence-corrected chi connectivity index (χ4v) is 1.90. The summed E-state index contributed by atoms with van der Waals surface area (Å²) in [4.78, 5) is 2.22. The minimum Gasteiger partial charge on any atom is -0.329 e. The number of likely N-dealkylation sites (tertiary alicyclic amines) is 1. The van der Waals surface area contributed by atoms with Crippen LogP contribution in [-0.2, 0) is 10.0 Å². The Bertz CT molecular complexity index is 276. The topological polar surface area (TPSA) is 66.6 Å². The van der Waals surface area contributed by atoms with Gasteiger partial charge < -0.3 is 5.73 Å². The highest BCUT2D eigenvalue weighted by molar-refractivity contribution is 7.88. The molecule has 1 atom stereocenters. The van der Waals surface area contributed by atoms with Crippen LogP contribution >= 0.6 is 0 Å². The zero-order chi connectivity index (χ0) is 10.8. The quantitative estimate of drug-likeness (QED) is 0.641. The summed E-state index contributed by atoms with van der Waals surface area (Å²) in [6, 6.07) is 0.461. The van der Waals surface area contributed by atoms with Gasteiger partial charge in [0.15, 0.2) is 0 Å². The maximum Gasteiger partial charge on any atom is 0.210 e. The molecule has 0 aromatic carbocycles. The molecule has 0 radical (unpaired) electrons. The van der Waals surface area contributed by atoms with Crippen molar-refractivity contribution in [2.45, 2.75) is 12.5 Å². The van der Waals surface area contributed by atoms with Gasteiger partial charge in [0.1, 0.15) is 0 Å². The third-order valence-electron chi connectivity index (χ3n) is 2.81. The molecule has 0 amide bonds. The first kappa shape index (κ1) is 11.9. The van der Waals surface area contributed by atoms with Crippen LogP contribution in [0.2, 0.25) is 0 Å². The molecule has 0 aromatic heterocycles. The third-order valence-corrected chi connectivity index (χ3v) is 4.12. The zero-order valence-corrected chi connectivity index (χ0v) is 9.63. The molecule has 0 saturated carbocycles. The molecule has 2 N–H and O–H groups in total. The van der Waals surface area contributed by atoms with Gasteiger partial charge in [0.2, 0.25) is 10.0 Å². The molecule has 6 heteroatoms. The molecule has 1 rings (SSSR count). The van der Waals surface area contributed by atoms with E-state index in [0.717, 1.165) is 19.5 Å². The van der Waals surface area contributed by atoms with Crippen LogP contribution in [0.15, 0.2) is 0 Å². The fraction of sp³-hybridized carbons (Fsp3) is 1.00. The lowest BCUT2D eigenvalue weighted by Gasteiger charge is -2.40. The SMILES string of the molecule is CN(CCN1CCC1CN)S(C)(=O)=O. The highest BCUT2D eigenvalue weighted by Crippen LogP contribution is 2.15. The van der Waals surface area contributed by atoms with Gasteiger partial charge in [-0.25, -0.2) is 12.7 Å². The molecule has 1 aliphatic heterocycles. The van der Waals surface area contributed by atoms with Crippen LogP contribution in [0.4, 0.5) is 0 Å². The van der Waals surface area contributed by atoms with E-state index in [1.165, 1.54) is 10.6 Å². The number of rotatable bonds is 5. The number of sulfonamides is 1. The zero-order valence-electron chi connectivity index (χ0n) is 8.81. The summed E-state index contributed by atoms with van der Waals surface area (Å²) >= 11 is 0. The normalized spacial score (nSPS) is 23.9. The Kier molecular flexibility index (Phi) is 3.88. The van der Waals surface area contributed by atoms with Crippen molar-refractivity contribution in [2.24, 2.45) is 5.73 Å². The molecule has 5 nitrogen and oxygen atoms in total. The lowest BCUT2D eigenvalue weighted by Crippen LogP contribution is -2.53. The molecule has 0 bridgehead atoms. The molecule has 1 aliphatic rings. The predicted molar refractivity (Wildman–Crippen MR) is 56.5 cm³/mol. The second-order valence-electron chi connectivity index (χ2n) is 3.80. The second kappa shape index (κ2) is 4.57. The monoisotopic (exact) mass is 221 g/mol. The minimum atomic E-state index is -3.03. The Balaban J connectivity index is 2.27. The van der Waals surface area contributed by atoms with E-state index >= 15 is 0 Å². The fourth-order valence-electron chi connectivity index (χ4n) is 1.49. The van der Waals surface area contributed by atoms with Gasteiger partial charge in [-0.3, -0.25) is 4.90 Å². The molecular weight excluding hydrogens is 202 g/mol. The minimum absolute atomic E-state index is 0.461. The van der Waals surface area contributed by atoms with Gasteiger partial charge in [0.25, 0.3) is 0 Å². The van der Waals surface area contributed by atoms with E-state index < -0.39 is 10.0 Å². The Hall–Kier alpha value is -0.170. The van der Waals surface area contributed by atoms with Crippen molar-refractivity contribution in [1.29, 1.82) is 0 Å². The van der Waals surface area contributed by atoms with Crippen LogP contribution in [0.5, 0.6) is 0 Å². The Morgan fingerprint density at radius 3 is 2.57 bits per heavy atom. The van der Waals surface area contributed by atoms with E-state index in [1.807, 2.05) is 0 Å². The maximum atomic E-state index is 11.1. The van der Waals surface area contributed by atoms with Gasteiger partial charge in [-0.1, -0.05) is 0 Å². The van der Waals surface area contributed by atoms with Gasteiger partial charge >= 0.3 is 0 Å². The van der Waals surface area contributed by atoms with Gasteiger partial charge in [-0.15, -0.1) is 0 Å². The van der Waals surface area contributed by atoms with Crippen molar-refractivity contribution in [3.05, 3.63) is 0 Å². The first-order chi connectivity index (χ1) is 6.45. The second-order valence-corrected chi connectivity index (χ2v) is 5.89. The van der Waals surface area contributed by atoms with Crippen molar-refractivity contribution in [1.82, 2.24) is 9.21 Å². The summed E-state index contributed by atoms with van der Waals surface area (Å²) in [6.45, 7) is 3.04. The smallest absolute Gasteiger partial charge is 0.210 e. The first-order valence-electron chi connectivity index (χ1n) is 4.80. The molecule has 14 heavy (non-hydrogen) atoms. The van der Waals surface area contributed by atoms with Gasteiger partial charge in [-0.05, 0) is 6.42 Å². The van der Waals surface area contributed by atoms with E-state index in [4.69, 9.17) is 5.73 Å². The molecule has 0 aliphatic carbocycles. The average Bonchev–Trinajstić information content (AvgIpc) is 2.01. The first-order valence-corrected chi connectivity index (χ1v) is 6.65. The number of nitrogens with zero attached hydrogens (tertiary/aromatic N) is 2. The van der Waals surface area contributed by atoms with Crippen molar-refractivity contribution in [3.63, 3.8) is 0 Å². The van der Waals surface area contributed by atoms with Gasteiger partial charge in [0.05, 0.1) is 6.26 Å². The standard InChI is InChI=1S/C8H19N3O2S/c1-10(14(2,12)13)5-6-11-4-3-8(11)7-9/h8H,3-7,9H2,1-2H3. The summed E-state index contributed by atoms with van der Waals surface area (Å²) < 4.78 is 23.5. The highest BCUT2D eigenvalue weighted by atomic mass is 32.2. The summed E-state index contributed by atoms with van der Waals surface area (Å²) in [5, 5.41) is 0. The van der Waals surface area contributed by atoms with Crippen LogP contribution < -0.4 is 5.73 Å². The van der Waals surface area contributed by atoms with Crippen molar-refractivity contribution >= 4 is 10.0 Å². The Morgan fingerprint density at radius 1 is 1.57 bits per heavy atom. The van der Waals surface area contributed by atoms with Crippen LogP contribution in [0, 0.1) is 0 Å². The number of nitrogens with two attached hydrogens (primary N) is 1. The average molecular weight is 221 g/mol. The number of hydrogen-bond donors (Lipinski definition) is 1. The van der Waals surface area contributed by atoms with Crippen LogP contribution in [0.1, 0.15) is 6.42 Å².